The van der Waals surface area contributed by atoms with Crippen molar-refractivity contribution in [1.82, 2.24) is 15.8 Å². The average molecular weight is 409 g/mol. The second kappa shape index (κ2) is 9.22. The molecule has 0 amide bonds. The monoisotopic (exact) mass is 409 g/mol. The summed E-state index contributed by atoms with van der Waals surface area (Å²) in [7, 11) is 0. The van der Waals surface area contributed by atoms with Crippen molar-refractivity contribution >= 4 is 23.0 Å². The molecule has 0 radical (unpaired) electrons. The van der Waals surface area contributed by atoms with E-state index in [1.165, 1.54) is 12.1 Å². The van der Waals surface area contributed by atoms with Gasteiger partial charge >= 0.3 is 0 Å². The third-order valence-corrected chi connectivity index (χ3v) is 4.80. The number of halogens is 3. The molecule has 0 atom stereocenters. The first-order valence-corrected chi connectivity index (χ1v) is 9.32. The molecule has 2 aromatic carbocycles. The molecule has 4 N–H and O–H groups in total. The minimum Gasteiger partial charge on any atom is -0.375 e. The van der Waals surface area contributed by atoms with Crippen molar-refractivity contribution in [3.8, 4) is 0 Å². The Kier molecular flexibility index (Phi) is 6.71. The van der Waals surface area contributed by atoms with Gasteiger partial charge in [0, 0.05) is 50.4 Å². The molecule has 1 aliphatic rings. The number of nitrogens with zero attached hydrogens (tertiary/aromatic N) is 2. The highest BCUT2D eigenvalue weighted by Crippen LogP contribution is 2.25. The van der Waals surface area contributed by atoms with E-state index in [2.05, 4.69) is 28.0 Å². The second-order valence-electron chi connectivity index (χ2n) is 6.57. The molecular weight excluding hydrogens is 387 g/mol. The number of nitrogens with two attached hydrogens (primary N) is 1. The van der Waals surface area contributed by atoms with Crippen molar-refractivity contribution in [3.63, 3.8) is 0 Å². The standard InChI is InChI=1S/C19H22F3N5S/c20-15-4-2-1-3-14(15)12-26-7-9-27(10-8-26)16-6-5-13(17(21)18(16)22)11-24-25-19(23)28/h1-6,24H,7-12H2,(H3,23,25,28). The SMILES string of the molecule is NC(=S)NNCc1ccc(N2CCN(Cc3ccccc3F)CC2)c(F)c1F. The van der Waals surface area contributed by atoms with Gasteiger partial charge in [0.25, 0.3) is 0 Å². The van der Waals surface area contributed by atoms with Crippen LogP contribution in [0.2, 0.25) is 0 Å². The largest absolute Gasteiger partial charge is 0.375 e. The van der Waals surface area contributed by atoms with Crippen molar-refractivity contribution in [2.24, 2.45) is 5.73 Å². The average Bonchev–Trinajstić information content (AvgIpc) is 2.68. The molecule has 3 rings (SSSR count). The number of anilines is 1. The minimum atomic E-state index is -0.900. The molecule has 150 valence electrons. The lowest BCUT2D eigenvalue weighted by Crippen LogP contribution is -2.46. The summed E-state index contributed by atoms with van der Waals surface area (Å²) < 4.78 is 42.7. The van der Waals surface area contributed by atoms with E-state index in [0.29, 0.717) is 38.3 Å². The number of hydrogen-bond acceptors (Lipinski definition) is 4. The third kappa shape index (κ3) is 4.92. The van der Waals surface area contributed by atoms with Gasteiger partial charge in [-0.15, -0.1) is 0 Å². The van der Waals surface area contributed by atoms with E-state index in [1.54, 1.807) is 29.2 Å². The Morgan fingerprint density at radius 2 is 1.68 bits per heavy atom. The summed E-state index contributed by atoms with van der Waals surface area (Å²) in [4.78, 5) is 3.91. The molecule has 0 aliphatic carbocycles. The van der Waals surface area contributed by atoms with E-state index in [4.69, 9.17) is 5.73 Å². The van der Waals surface area contributed by atoms with Gasteiger partial charge in [-0.25, -0.2) is 18.6 Å². The molecule has 0 unspecified atom stereocenters. The molecule has 0 saturated carbocycles. The third-order valence-electron chi connectivity index (χ3n) is 4.70. The van der Waals surface area contributed by atoms with E-state index in [0.717, 1.165) is 0 Å². The highest BCUT2D eigenvalue weighted by Gasteiger charge is 2.23. The molecule has 0 bridgehead atoms. The maximum atomic E-state index is 14.6. The molecule has 0 aromatic heterocycles. The number of rotatable bonds is 6. The molecule has 0 spiro atoms. The van der Waals surface area contributed by atoms with Gasteiger partial charge in [-0.05, 0) is 24.4 Å². The van der Waals surface area contributed by atoms with Crippen molar-refractivity contribution < 1.29 is 13.2 Å². The zero-order chi connectivity index (χ0) is 20.1. The molecular formula is C19H22F3N5S. The number of benzene rings is 2. The Morgan fingerprint density at radius 3 is 2.36 bits per heavy atom. The molecule has 9 heteroatoms. The Labute approximate surface area is 167 Å². The lowest BCUT2D eigenvalue weighted by atomic mass is 10.1. The summed E-state index contributed by atoms with van der Waals surface area (Å²) >= 11 is 4.64. The molecule has 1 saturated heterocycles. The molecule has 28 heavy (non-hydrogen) atoms. The Hall–Kier alpha value is -2.36. The Bertz CT molecular complexity index is 840. The maximum absolute atomic E-state index is 14.6. The summed E-state index contributed by atoms with van der Waals surface area (Å²) in [6.07, 6.45) is 0. The van der Waals surface area contributed by atoms with Crippen LogP contribution in [0.15, 0.2) is 36.4 Å². The first-order chi connectivity index (χ1) is 13.5. The van der Waals surface area contributed by atoms with Crippen LogP contribution in [-0.4, -0.2) is 36.2 Å². The van der Waals surface area contributed by atoms with Crippen LogP contribution in [0.4, 0.5) is 18.9 Å². The van der Waals surface area contributed by atoms with Gasteiger partial charge < -0.3 is 10.6 Å². The number of piperazine rings is 1. The van der Waals surface area contributed by atoms with Crippen LogP contribution in [0.25, 0.3) is 0 Å². The number of hydrazine groups is 1. The molecule has 1 fully saturated rings. The van der Waals surface area contributed by atoms with Crippen LogP contribution in [0.3, 0.4) is 0 Å². The fourth-order valence-electron chi connectivity index (χ4n) is 3.20. The van der Waals surface area contributed by atoms with Crippen molar-refractivity contribution in [2.75, 3.05) is 31.1 Å². The summed E-state index contributed by atoms with van der Waals surface area (Å²) in [5.41, 5.74) is 11.4. The van der Waals surface area contributed by atoms with Gasteiger partial charge in [0.2, 0.25) is 0 Å². The van der Waals surface area contributed by atoms with Gasteiger partial charge in [-0.2, -0.15) is 0 Å². The van der Waals surface area contributed by atoms with E-state index >= 15 is 0 Å². The van der Waals surface area contributed by atoms with E-state index in [9.17, 15) is 13.2 Å². The first kappa shape index (κ1) is 20.4. The van der Waals surface area contributed by atoms with Gasteiger partial charge in [0.1, 0.15) is 5.82 Å². The summed E-state index contributed by atoms with van der Waals surface area (Å²) in [6.45, 7) is 2.87. The lowest BCUT2D eigenvalue weighted by molar-refractivity contribution is 0.246. The van der Waals surface area contributed by atoms with Crippen LogP contribution in [0.1, 0.15) is 11.1 Å². The van der Waals surface area contributed by atoms with Crippen LogP contribution >= 0.6 is 12.2 Å². The predicted octanol–water partition coefficient (Wildman–Crippen LogP) is 2.26. The van der Waals surface area contributed by atoms with E-state index in [1.807, 2.05) is 0 Å². The maximum Gasteiger partial charge on any atom is 0.182 e. The number of hydrogen-bond donors (Lipinski definition) is 3. The van der Waals surface area contributed by atoms with Crippen LogP contribution in [0.5, 0.6) is 0 Å². The summed E-state index contributed by atoms with van der Waals surface area (Å²) in [6, 6.07) is 9.77. The normalized spacial score (nSPS) is 14.9. The van der Waals surface area contributed by atoms with Crippen molar-refractivity contribution in [2.45, 2.75) is 13.1 Å². The Balaban J connectivity index is 1.60. The fraction of sp³-hybridized carbons (Fsp3) is 0.316. The first-order valence-electron chi connectivity index (χ1n) is 8.91. The molecule has 2 aromatic rings. The van der Waals surface area contributed by atoms with Crippen LogP contribution < -0.4 is 21.5 Å². The quantitative estimate of drug-likeness (QED) is 0.503. The highest BCUT2D eigenvalue weighted by molar-refractivity contribution is 7.80. The van der Waals surface area contributed by atoms with Gasteiger partial charge in [-0.3, -0.25) is 10.3 Å². The van der Waals surface area contributed by atoms with Crippen molar-refractivity contribution in [1.29, 1.82) is 0 Å². The zero-order valence-corrected chi connectivity index (χ0v) is 16.0. The smallest absolute Gasteiger partial charge is 0.182 e. The van der Waals surface area contributed by atoms with Crippen LogP contribution in [0, 0.1) is 17.5 Å². The number of thiocarbonyl (C=S) groups is 1. The molecule has 5 nitrogen and oxygen atoms in total. The second-order valence-corrected chi connectivity index (χ2v) is 7.01. The van der Waals surface area contributed by atoms with Crippen LogP contribution in [-0.2, 0) is 13.1 Å². The summed E-state index contributed by atoms with van der Waals surface area (Å²) in [5.74, 6) is -2.01. The van der Waals surface area contributed by atoms with Gasteiger partial charge in [-0.1, -0.05) is 24.3 Å². The lowest BCUT2D eigenvalue weighted by Gasteiger charge is -2.36. The topological polar surface area (TPSA) is 56.6 Å². The highest BCUT2D eigenvalue weighted by atomic mass is 32.1. The molecule has 1 aliphatic heterocycles. The molecule has 1 heterocycles. The predicted molar refractivity (Wildman–Crippen MR) is 107 cm³/mol. The van der Waals surface area contributed by atoms with Gasteiger partial charge in [0.05, 0.1) is 5.69 Å². The summed E-state index contributed by atoms with van der Waals surface area (Å²) in [5, 5.41) is 0.0192. The van der Waals surface area contributed by atoms with Crippen molar-refractivity contribution in [3.05, 3.63) is 65.0 Å². The van der Waals surface area contributed by atoms with E-state index in [-0.39, 0.29) is 28.7 Å². The zero-order valence-electron chi connectivity index (χ0n) is 15.2. The number of nitrogens with one attached hydrogen (secondary N) is 2. The Morgan fingerprint density at radius 1 is 0.964 bits per heavy atom. The minimum absolute atomic E-state index is 0.0192. The van der Waals surface area contributed by atoms with Gasteiger partial charge in [0.15, 0.2) is 16.7 Å². The van der Waals surface area contributed by atoms with E-state index < -0.39 is 11.6 Å². The fourth-order valence-corrected chi connectivity index (χ4v) is 3.27.